The quantitative estimate of drug-likeness (QED) is 0.411. The summed E-state index contributed by atoms with van der Waals surface area (Å²) in [6, 6.07) is 9.65. The lowest BCUT2D eigenvalue weighted by Crippen LogP contribution is -2.30. The van der Waals surface area contributed by atoms with Crippen molar-refractivity contribution < 1.29 is 26.4 Å². The molecule has 6 nitrogen and oxygen atoms in total. The summed E-state index contributed by atoms with van der Waals surface area (Å²) in [5.74, 6) is -3.69. The van der Waals surface area contributed by atoms with E-state index in [-0.39, 0.29) is 37.9 Å². The van der Waals surface area contributed by atoms with Gasteiger partial charge in [0.05, 0.1) is 33.1 Å². The van der Waals surface area contributed by atoms with E-state index in [4.69, 9.17) is 23.2 Å². The van der Waals surface area contributed by atoms with E-state index in [9.17, 15) is 26.4 Å². The molecule has 0 aliphatic rings. The van der Waals surface area contributed by atoms with Crippen molar-refractivity contribution in [3.63, 3.8) is 0 Å². The van der Waals surface area contributed by atoms with E-state index in [0.29, 0.717) is 0 Å². The Morgan fingerprint density at radius 3 is 2.45 bits per heavy atom. The molecule has 0 aliphatic carbocycles. The Labute approximate surface area is 195 Å². The average Bonchev–Trinajstić information content (AvgIpc) is 3.08. The fourth-order valence-electron chi connectivity index (χ4n) is 3.26. The van der Waals surface area contributed by atoms with Crippen LogP contribution in [0.2, 0.25) is 10.0 Å². The normalized spacial score (nSPS) is 11.7. The largest absolute Gasteiger partial charge is 0.268 e. The van der Waals surface area contributed by atoms with E-state index in [2.05, 4.69) is 5.10 Å². The highest BCUT2D eigenvalue weighted by molar-refractivity contribution is 7.89. The van der Waals surface area contributed by atoms with Crippen molar-refractivity contribution >= 4 is 50.0 Å². The van der Waals surface area contributed by atoms with Crippen LogP contribution in [0.5, 0.6) is 0 Å². The van der Waals surface area contributed by atoms with E-state index in [1.165, 1.54) is 24.3 Å². The highest BCUT2D eigenvalue weighted by Gasteiger charge is 2.23. The third-order valence-corrected chi connectivity index (χ3v) is 5.79. The third-order valence-electron chi connectivity index (χ3n) is 4.64. The van der Waals surface area contributed by atoms with Crippen LogP contribution in [0, 0.1) is 17.5 Å². The molecule has 33 heavy (non-hydrogen) atoms. The van der Waals surface area contributed by atoms with Crippen molar-refractivity contribution in [2.24, 2.45) is 0 Å². The first-order valence-corrected chi connectivity index (χ1v) is 11.7. The number of benzene rings is 3. The first-order valence-electron chi connectivity index (χ1n) is 9.10. The minimum atomic E-state index is -3.94. The van der Waals surface area contributed by atoms with Gasteiger partial charge in [-0.2, -0.15) is 5.10 Å². The molecule has 12 heteroatoms. The molecule has 1 N–H and O–H groups in total. The number of carbonyl (C=O) groups excluding carboxylic acids is 1. The summed E-state index contributed by atoms with van der Waals surface area (Å²) in [5.41, 5.74) is -0.383. The number of nitrogens with one attached hydrogen (secondary N) is 1. The molecule has 0 atom stereocenters. The molecule has 1 amide bonds. The number of halogens is 5. The lowest BCUT2D eigenvalue weighted by molar-refractivity contribution is 0.0978. The van der Waals surface area contributed by atoms with Crippen molar-refractivity contribution in [1.29, 1.82) is 0 Å². The Morgan fingerprint density at radius 2 is 1.76 bits per heavy atom. The molecule has 3 aromatic carbocycles. The standard InChI is InChI=1S/C21H12Cl2F3N3O3S/c1-33(31,32)28-21(30)12-8-15(23)18(9-16(12)25)29-17-6-5-10(24)7-13(17)20(27-29)11-3-2-4-14(22)19(11)26/h2-9H,1H3,(H,28,30). The van der Waals surface area contributed by atoms with E-state index in [0.717, 1.165) is 35.2 Å². The number of hydrogen-bond donors (Lipinski definition) is 1. The number of carbonyl (C=O) groups is 1. The fourth-order valence-corrected chi connectivity index (χ4v) is 4.12. The topological polar surface area (TPSA) is 81.1 Å². The van der Waals surface area contributed by atoms with Gasteiger partial charge in [-0.05, 0) is 36.4 Å². The molecule has 4 rings (SSSR count). The second-order valence-electron chi connectivity index (χ2n) is 7.01. The maximum absolute atomic E-state index is 14.8. The predicted octanol–water partition coefficient (Wildman–Crippen LogP) is 5.11. The van der Waals surface area contributed by atoms with E-state index in [1.54, 1.807) is 4.72 Å². The Bertz CT molecular complexity index is 1560. The molecule has 1 aromatic heterocycles. The van der Waals surface area contributed by atoms with Crippen molar-refractivity contribution in [3.8, 4) is 16.9 Å². The number of fused-ring (bicyclic) bond motifs is 1. The smallest absolute Gasteiger partial charge is 0.267 e. The fraction of sp³-hybridized carbons (Fsp3) is 0.0476. The molecule has 0 radical (unpaired) electrons. The zero-order valence-electron chi connectivity index (χ0n) is 16.5. The molecule has 1 heterocycles. The predicted molar refractivity (Wildman–Crippen MR) is 119 cm³/mol. The molecule has 0 bridgehead atoms. The van der Waals surface area contributed by atoms with Crippen molar-refractivity contribution in [2.75, 3.05) is 6.26 Å². The molecule has 0 fully saturated rings. The molecule has 4 aromatic rings. The monoisotopic (exact) mass is 513 g/mol. The minimum absolute atomic E-state index is 0.0161. The van der Waals surface area contributed by atoms with Gasteiger partial charge in [0.1, 0.15) is 17.3 Å². The number of amides is 1. The Kier molecular flexibility index (Phi) is 5.85. The first-order chi connectivity index (χ1) is 15.5. The van der Waals surface area contributed by atoms with Crippen molar-refractivity contribution in [3.05, 3.63) is 81.6 Å². The van der Waals surface area contributed by atoms with Crippen LogP contribution in [-0.4, -0.2) is 30.4 Å². The molecule has 0 saturated carbocycles. The van der Waals surface area contributed by atoms with Crippen LogP contribution in [0.4, 0.5) is 13.2 Å². The maximum Gasteiger partial charge on any atom is 0.267 e. The molecule has 0 aliphatic heterocycles. The molecule has 0 unspecified atom stereocenters. The maximum atomic E-state index is 14.8. The summed E-state index contributed by atoms with van der Waals surface area (Å²) in [6.07, 6.45) is 0.740. The lowest BCUT2D eigenvalue weighted by Gasteiger charge is -2.10. The number of sulfonamides is 1. The Hall–Kier alpha value is -3.08. The van der Waals surface area contributed by atoms with Gasteiger partial charge in [0, 0.05) is 17.0 Å². The van der Waals surface area contributed by atoms with Crippen LogP contribution in [0.3, 0.4) is 0 Å². The summed E-state index contributed by atoms with van der Waals surface area (Å²) in [4.78, 5) is 12.1. The van der Waals surface area contributed by atoms with Crippen molar-refractivity contribution in [2.45, 2.75) is 0 Å². The van der Waals surface area contributed by atoms with E-state index < -0.39 is 38.9 Å². The summed E-state index contributed by atoms with van der Waals surface area (Å²) >= 11 is 12.1. The highest BCUT2D eigenvalue weighted by Crippen LogP contribution is 2.35. The molecule has 170 valence electrons. The van der Waals surface area contributed by atoms with Crippen LogP contribution < -0.4 is 4.72 Å². The summed E-state index contributed by atoms with van der Waals surface area (Å²) < 4.78 is 68.9. The average molecular weight is 514 g/mol. The summed E-state index contributed by atoms with van der Waals surface area (Å²) in [6.45, 7) is 0. The van der Waals surface area contributed by atoms with Crippen molar-refractivity contribution in [1.82, 2.24) is 14.5 Å². The second-order valence-corrected chi connectivity index (χ2v) is 9.57. The second kappa shape index (κ2) is 8.36. The van der Waals surface area contributed by atoms with Gasteiger partial charge < -0.3 is 0 Å². The van der Waals surface area contributed by atoms with Crippen LogP contribution in [0.1, 0.15) is 10.4 Å². The van der Waals surface area contributed by atoms with Crippen LogP contribution >= 0.6 is 23.2 Å². The van der Waals surface area contributed by atoms with Gasteiger partial charge in [0.15, 0.2) is 5.82 Å². The van der Waals surface area contributed by atoms with Crippen LogP contribution in [0.25, 0.3) is 27.8 Å². The molecular formula is C21H12Cl2F3N3O3S. The van der Waals surface area contributed by atoms with Gasteiger partial charge in [0.25, 0.3) is 5.91 Å². The van der Waals surface area contributed by atoms with Gasteiger partial charge >= 0.3 is 0 Å². The van der Waals surface area contributed by atoms with E-state index >= 15 is 0 Å². The SMILES string of the molecule is CS(=O)(=O)NC(=O)c1cc(Cl)c(-n2nc(-c3cccc(Cl)c3F)c3cc(F)ccc32)cc1F. The number of nitrogens with zero attached hydrogens (tertiary/aromatic N) is 2. The first kappa shape index (κ1) is 23.1. The number of aromatic nitrogens is 2. The Morgan fingerprint density at radius 1 is 1.03 bits per heavy atom. The molecular weight excluding hydrogens is 502 g/mol. The summed E-state index contributed by atoms with van der Waals surface area (Å²) in [5, 5.41) is 4.18. The van der Waals surface area contributed by atoms with Gasteiger partial charge in [-0.15, -0.1) is 0 Å². The molecule has 0 saturated heterocycles. The zero-order chi connectivity index (χ0) is 24.1. The number of rotatable bonds is 4. The van der Waals surface area contributed by atoms with Gasteiger partial charge in [-0.3, -0.25) is 4.79 Å². The van der Waals surface area contributed by atoms with Gasteiger partial charge in [-0.1, -0.05) is 29.3 Å². The third kappa shape index (κ3) is 4.41. The van der Waals surface area contributed by atoms with Crippen LogP contribution in [0.15, 0.2) is 48.5 Å². The molecule has 0 spiro atoms. The number of hydrogen-bond acceptors (Lipinski definition) is 4. The zero-order valence-corrected chi connectivity index (χ0v) is 18.9. The Balaban J connectivity index is 1.94. The lowest BCUT2D eigenvalue weighted by atomic mass is 10.1. The highest BCUT2D eigenvalue weighted by atomic mass is 35.5. The minimum Gasteiger partial charge on any atom is -0.268 e. The van der Waals surface area contributed by atoms with Gasteiger partial charge in [0.2, 0.25) is 10.0 Å². The van der Waals surface area contributed by atoms with Gasteiger partial charge in [-0.25, -0.2) is 31.0 Å². The van der Waals surface area contributed by atoms with E-state index in [1.807, 2.05) is 0 Å². The summed E-state index contributed by atoms with van der Waals surface area (Å²) in [7, 11) is -3.94. The van der Waals surface area contributed by atoms with Crippen LogP contribution in [-0.2, 0) is 10.0 Å².